The molecule has 0 saturated heterocycles. The van der Waals surface area contributed by atoms with Crippen LogP contribution in [0.15, 0.2) is 18.2 Å². The number of carbonyl (C=O) groups is 1. The number of phenolic OH excluding ortho intramolecular Hbond substituents is 1. The summed E-state index contributed by atoms with van der Waals surface area (Å²) in [5, 5.41) is 20.8. The number of aliphatic hydroxyl groups excluding tert-OH is 1. The zero-order valence-electron chi connectivity index (χ0n) is 11.7. The molecule has 0 aliphatic carbocycles. The van der Waals surface area contributed by atoms with Crippen molar-refractivity contribution in [2.45, 2.75) is 38.7 Å². The Morgan fingerprint density at radius 3 is 2.33 bits per heavy atom. The highest BCUT2D eigenvalue weighted by Gasteiger charge is 2.39. The molecule has 118 valence electrons. The first-order chi connectivity index (χ1) is 9.40. The highest BCUT2D eigenvalue weighted by Crippen LogP contribution is 2.35. The van der Waals surface area contributed by atoms with E-state index in [4.69, 9.17) is 9.84 Å². The van der Waals surface area contributed by atoms with Crippen molar-refractivity contribution in [3.8, 4) is 5.75 Å². The fourth-order valence-corrected chi connectivity index (χ4v) is 1.43. The molecule has 1 amide bonds. The molecule has 0 unspecified atom stereocenters. The second-order valence-electron chi connectivity index (χ2n) is 5.35. The highest BCUT2D eigenvalue weighted by molar-refractivity contribution is 5.87. The number of halogens is 3. The van der Waals surface area contributed by atoms with Crippen LogP contribution in [0.1, 0.15) is 32.4 Å². The number of ether oxygens (including phenoxy) is 1. The first kappa shape index (κ1) is 17.1. The van der Waals surface area contributed by atoms with Crippen LogP contribution in [-0.4, -0.2) is 28.1 Å². The molecule has 5 nitrogen and oxygen atoms in total. The molecule has 3 N–H and O–H groups in total. The lowest BCUT2D eigenvalue weighted by atomic mass is 10.1. The largest absolute Gasteiger partial charge is 0.506 e. The average molecular weight is 307 g/mol. The van der Waals surface area contributed by atoms with E-state index in [0.717, 1.165) is 18.2 Å². The van der Waals surface area contributed by atoms with Crippen molar-refractivity contribution < 1.29 is 32.9 Å². The Bertz CT molecular complexity index is 523. The molecule has 0 aromatic heterocycles. The third kappa shape index (κ3) is 5.14. The number of alkyl halides is 3. The molecule has 0 heterocycles. The van der Waals surface area contributed by atoms with E-state index in [1.807, 2.05) is 0 Å². The minimum atomic E-state index is -4.85. The number of benzene rings is 1. The number of nitrogens with one attached hydrogen (secondary N) is 1. The van der Waals surface area contributed by atoms with Crippen molar-refractivity contribution in [3.63, 3.8) is 0 Å². The van der Waals surface area contributed by atoms with Gasteiger partial charge >= 0.3 is 12.3 Å². The second kappa shape index (κ2) is 5.80. The summed E-state index contributed by atoms with van der Waals surface area (Å²) in [4.78, 5) is 11.5. The molecule has 1 atom stereocenters. The molecular weight excluding hydrogens is 291 g/mol. The van der Waals surface area contributed by atoms with Gasteiger partial charge in [-0.3, -0.25) is 5.32 Å². The summed E-state index contributed by atoms with van der Waals surface area (Å²) < 4.78 is 42.2. The van der Waals surface area contributed by atoms with Gasteiger partial charge in [-0.15, -0.1) is 0 Å². The third-order valence-corrected chi connectivity index (χ3v) is 2.28. The van der Waals surface area contributed by atoms with E-state index in [1.54, 1.807) is 20.8 Å². The Kier molecular flexibility index (Phi) is 4.72. The van der Waals surface area contributed by atoms with Gasteiger partial charge in [-0.05, 0) is 38.5 Å². The smallest absolute Gasteiger partial charge is 0.418 e. The Labute approximate surface area is 119 Å². The molecule has 0 saturated carbocycles. The number of aromatic hydroxyl groups is 1. The Morgan fingerprint density at radius 2 is 1.86 bits per heavy atom. The number of hydrogen-bond acceptors (Lipinski definition) is 4. The first-order valence-corrected chi connectivity index (χ1v) is 5.98. The molecule has 1 aromatic carbocycles. The maximum atomic E-state index is 12.4. The molecular formula is C13H16F3NO4. The standard InChI is InChI=1S/C13H16F3NO4/c1-12(2,3)21-11(20)17-8-6-7(4-5-9(8)18)10(19)13(14,15)16/h4-6,10,18-19H,1-3H3,(H,17,20)/t10-/m0/s1. The topological polar surface area (TPSA) is 78.8 Å². The summed E-state index contributed by atoms with van der Waals surface area (Å²) in [5.41, 5.74) is -1.60. The van der Waals surface area contributed by atoms with E-state index in [2.05, 4.69) is 5.32 Å². The van der Waals surface area contributed by atoms with Crippen LogP contribution in [-0.2, 0) is 4.74 Å². The summed E-state index contributed by atoms with van der Waals surface area (Å²) in [6.45, 7) is 4.82. The Hall–Kier alpha value is -1.96. The number of amides is 1. The van der Waals surface area contributed by atoms with Gasteiger partial charge in [0.05, 0.1) is 5.69 Å². The van der Waals surface area contributed by atoms with E-state index in [9.17, 15) is 23.1 Å². The number of aliphatic hydroxyl groups is 1. The predicted octanol–water partition coefficient (Wildman–Crippen LogP) is 3.33. The van der Waals surface area contributed by atoms with Crippen LogP contribution in [0.25, 0.3) is 0 Å². The van der Waals surface area contributed by atoms with Gasteiger partial charge in [0.1, 0.15) is 11.4 Å². The number of phenols is 1. The SMILES string of the molecule is CC(C)(C)OC(=O)Nc1cc([C@H](O)C(F)(F)F)ccc1O. The van der Waals surface area contributed by atoms with Gasteiger partial charge in [-0.1, -0.05) is 6.07 Å². The first-order valence-electron chi connectivity index (χ1n) is 5.98. The monoisotopic (exact) mass is 307 g/mol. The minimum absolute atomic E-state index is 0.287. The zero-order chi connectivity index (χ0) is 16.4. The van der Waals surface area contributed by atoms with Crippen molar-refractivity contribution >= 4 is 11.8 Å². The van der Waals surface area contributed by atoms with Crippen molar-refractivity contribution in [1.82, 2.24) is 0 Å². The number of hydrogen-bond donors (Lipinski definition) is 3. The Morgan fingerprint density at radius 1 is 1.29 bits per heavy atom. The lowest BCUT2D eigenvalue weighted by Crippen LogP contribution is -2.27. The molecule has 1 rings (SSSR count). The lowest BCUT2D eigenvalue weighted by molar-refractivity contribution is -0.206. The van der Waals surface area contributed by atoms with Crippen molar-refractivity contribution in [2.24, 2.45) is 0 Å². The number of rotatable bonds is 2. The summed E-state index contributed by atoms with van der Waals surface area (Å²) in [5.74, 6) is -0.445. The van der Waals surface area contributed by atoms with Gasteiger partial charge in [0.25, 0.3) is 0 Å². The molecule has 0 aliphatic heterocycles. The van der Waals surface area contributed by atoms with Crippen LogP contribution in [0.3, 0.4) is 0 Å². The molecule has 0 aliphatic rings. The molecule has 0 bridgehead atoms. The van der Waals surface area contributed by atoms with Crippen molar-refractivity contribution in [3.05, 3.63) is 23.8 Å². The number of anilines is 1. The van der Waals surface area contributed by atoms with Crippen molar-refractivity contribution in [2.75, 3.05) is 5.32 Å². The molecule has 0 spiro atoms. The fourth-order valence-electron chi connectivity index (χ4n) is 1.43. The van der Waals surface area contributed by atoms with Gasteiger partial charge in [0.15, 0.2) is 6.10 Å². The van der Waals surface area contributed by atoms with Crippen LogP contribution < -0.4 is 5.32 Å². The minimum Gasteiger partial charge on any atom is -0.506 e. The van der Waals surface area contributed by atoms with Crippen LogP contribution in [0.2, 0.25) is 0 Å². The summed E-state index contributed by atoms with van der Waals surface area (Å²) >= 11 is 0. The maximum absolute atomic E-state index is 12.4. The molecule has 8 heteroatoms. The fraction of sp³-hybridized carbons (Fsp3) is 0.462. The van der Waals surface area contributed by atoms with Gasteiger partial charge in [0, 0.05) is 0 Å². The van der Waals surface area contributed by atoms with Crippen LogP contribution in [0.5, 0.6) is 5.75 Å². The lowest BCUT2D eigenvalue weighted by Gasteiger charge is -2.20. The van der Waals surface area contributed by atoms with E-state index < -0.39 is 35.3 Å². The van der Waals surface area contributed by atoms with Gasteiger partial charge in [-0.25, -0.2) is 4.79 Å². The van der Waals surface area contributed by atoms with E-state index in [1.165, 1.54) is 0 Å². The quantitative estimate of drug-likeness (QED) is 0.732. The van der Waals surface area contributed by atoms with Gasteiger partial charge in [-0.2, -0.15) is 13.2 Å². The second-order valence-corrected chi connectivity index (χ2v) is 5.35. The summed E-state index contributed by atoms with van der Waals surface area (Å²) in [6, 6.07) is 2.68. The van der Waals surface area contributed by atoms with Gasteiger partial charge < -0.3 is 14.9 Å². The van der Waals surface area contributed by atoms with Gasteiger partial charge in [0.2, 0.25) is 0 Å². The maximum Gasteiger partial charge on any atom is 0.418 e. The molecule has 0 radical (unpaired) electrons. The predicted molar refractivity (Wildman–Crippen MR) is 69.0 cm³/mol. The Balaban J connectivity index is 2.96. The van der Waals surface area contributed by atoms with Crippen LogP contribution >= 0.6 is 0 Å². The summed E-state index contributed by atoms with van der Waals surface area (Å²) in [7, 11) is 0. The highest BCUT2D eigenvalue weighted by atomic mass is 19.4. The molecule has 21 heavy (non-hydrogen) atoms. The third-order valence-electron chi connectivity index (χ3n) is 2.28. The van der Waals surface area contributed by atoms with Crippen LogP contribution in [0, 0.1) is 0 Å². The van der Waals surface area contributed by atoms with E-state index in [-0.39, 0.29) is 5.69 Å². The number of carbonyl (C=O) groups excluding carboxylic acids is 1. The molecule has 0 fully saturated rings. The van der Waals surface area contributed by atoms with E-state index in [0.29, 0.717) is 0 Å². The normalized spacial score (nSPS) is 13.7. The average Bonchev–Trinajstić information content (AvgIpc) is 2.27. The summed E-state index contributed by atoms with van der Waals surface area (Å²) in [6.07, 6.45) is -8.49. The van der Waals surface area contributed by atoms with Crippen LogP contribution in [0.4, 0.5) is 23.7 Å². The van der Waals surface area contributed by atoms with Crippen molar-refractivity contribution in [1.29, 1.82) is 0 Å². The molecule has 1 aromatic rings. The van der Waals surface area contributed by atoms with E-state index >= 15 is 0 Å². The zero-order valence-corrected chi connectivity index (χ0v) is 11.7.